The number of carboxylic acid groups (broad SMARTS) is 1. The van der Waals surface area contributed by atoms with Gasteiger partial charge in [-0.1, -0.05) is 6.07 Å². The number of hydrogen-bond donors (Lipinski definition) is 4. The lowest BCUT2D eigenvalue weighted by Gasteiger charge is -2.14. The molecule has 1 amide bonds. The van der Waals surface area contributed by atoms with E-state index >= 15 is 0 Å². The summed E-state index contributed by atoms with van der Waals surface area (Å²) in [6, 6.07) is 12.5. The molecule has 0 fully saturated rings. The van der Waals surface area contributed by atoms with Gasteiger partial charge in [0.05, 0.1) is 16.6 Å². The third-order valence-corrected chi connectivity index (χ3v) is 5.44. The standard InChI is InChI=1S/C21H23N3O4S/c1-13-3-8-16-18(11-13)29-20(24-16)14-4-6-15(7-5-14)23-19(26)12-17(21(27)28)22-9-2-10-25/h3-8,11,17,22,25H,2,9-10,12H2,1H3,(H,23,26)(H,27,28). The van der Waals surface area contributed by atoms with Crippen LogP contribution >= 0.6 is 11.3 Å². The molecule has 7 nitrogen and oxygen atoms in total. The van der Waals surface area contributed by atoms with E-state index in [1.54, 1.807) is 23.5 Å². The zero-order valence-electron chi connectivity index (χ0n) is 16.0. The molecule has 0 saturated heterocycles. The Bertz CT molecular complexity index is 1000. The number of benzene rings is 2. The summed E-state index contributed by atoms with van der Waals surface area (Å²) in [5.41, 5.74) is 3.70. The second kappa shape index (κ2) is 9.60. The summed E-state index contributed by atoms with van der Waals surface area (Å²) in [6.07, 6.45) is 0.234. The minimum Gasteiger partial charge on any atom is -0.480 e. The molecular weight excluding hydrogens is 390 g/mol. The van der Waals surface area contributed by atoms with Gasteiger partial charge in [0, 0.05) is 17.9 Å². The van der Waals surface area contributed by atoms with Crippen LogP contribution in [0.2, 0.25) is 0 Å². The molecule has 0 aliphatic rings. The highest BCUT2D eigenvalue weighted by Crippen LogP contribution is 2.31. The molecule has 0 radical (unpaired) electrons. The van der Waals surface area contributed by atoms with Gasteiger partial charge in [-0.15, -0.1) is 11.3 Å². The van der Waals surface area contributed by atoms with Crippen molar-refractivity contribution in [1.29, 1.82) is 0 Å². The summed E-state index contributed by atoms with van der Waals surface area (Å²) < 4.78 is 1.13. The van der Waals surface area contributed by atoms with Crippen LogP contribution in [0.4, 0.5) is 5.69 Å². The maximum absolute atomic E-state index is 12.2. The quantitative estimate of drug-likeness (QED) is 0.401. The summed E-state index contributed by atoms with van der Waals surface area (Å²) in [7, 11) is 0. The third kappa shape index (κ3) is 5.60. The molecule has 3 aromatic rings. The summed E-state index contributed by atoms with van der Waals surface area (Å²) >= 11 is 1.62. The van der Waals surface area contributed by atoms with Crippen molar-refractivity contribution < 1.29 is 19.8 Å². The molecule has 8 heteroatoms. The predicted octanol–water partition coefficient (Wildman–Crippen LogP) is 3.03. The second-order valence-electron chi connectivity index (χ2n) is 6.74. The number of carbonyl (C=O) groups excluding carboxylic acids is 1. The van der Waals surface area contributed by atoms with Crippen molar-refractivity contribution in [2.75, 3.05) is 18.5 Å². The lowest BCUT2D eigenvalue weighted by atomic mass is 10.1. The second-order valence-corrected chi connectivity index (χ2v) is 7.77. The van der Waals surface area contributed by atoms with Gasteiger partial charge in [0.25, 0.3) is 0 Å². The number of fused-ring (bicyclic) bond motifs is 1. The molecule has 0 aliphatic heterocycles. The Kier molecular flexibility index (Phi) is 6.92. The number of aryl methyl sites for hydroxylation is 1. The van der Waals surface area contributed by atoms with Crippen molar-refractivity contribution in [3.05, 3.63) is 48.0 Å². The van der Waals surface area contributed by atoms with Gasteiger partial charge in [-0.25, -0.2) is 4.98 Å². The van der Waals surface area contributed by atoms with E-state index in [1.807, 2.05) is 31.2 Å². The minimum atomic E-state index is -1.10. The topological polar surface area (TPSA) is 112 Å². The van der Waals surface area contributed by atoms with E-state index in [2.05, 4.69) is 21.7 Å². The molecule has 4 N–H and O–H groups in total. The van der Waals surface area contributed by atoms with Crippen molar-refractivity contribution in [3.63, 3.8) is 0 Å². The summed E-state index contributed by atoms with van der Waals surface area (Å²) in [5, 5.41) is 24.4. The Labute approximate surface area is 172 Å². The van der Waals surface area contributed by atoms with E-state index < -0.39 is 17.9 Å². The number of hydrogen-bond acceptors (Lipinski definition) is 6. The van der Waals surface area contributed by atoms with Gasteiger partial charge in [0.15, 0.2) is 0 Å². The molecule has 0 saturated carbocycles. The number of aliphatic hydroxyl groups is 1. The molecule has 2 aromatic carbocycles. The Morgan fingerprint density at radius 1 is 1.17 bits per heavy atom. The van der Waals surface area contributed by atoms with Crippen molar-refractivity contribution in [3.8, 4) is 10.6 Å². The van der Waals surface area contributed by atoms with Crippen LogP contribution in [-0.4, -0.2) is 46.3 Å². The van der Waals surface area contributed by atoms with Crippen molar-refractivity contribution >= 4 is 39.1 Å². The van der Waals surface area contributed by atoms with E-state index in [0.29, 0.717) is 18.7 Å². The number of nitrogens with one attached hydrogen (secondary N) is 2. The fraction of sp³-hybridized carbons (Fsp3) is 0.286. The fourth-order valence-corrected chi connectivity index (χ4v) is 3.92. The first-order valence-corrected chi connectivity index (χ1v) is 10.1. The van der Waals surface area contributed by atoms with Crippen molar-refractivity contribution in [2.45, 2.75) is 25.8 Å². The summed E-state index contributed by atoms with van der Waals surface area (Å²) in [6.45, 7) is 2.34. The van der Waals surface area contributed by atoms with Gasteiger partial charge in [-0.05, 0) is 61.9 Å². The predicted molar refractivity (Wildman–Crippen MR) is 114 cm³/mol. The molecule has 0 aliphatic carbocycles. The van der Waals surface area contributed by atoms with Crippen LogP contribution in [0.25, 0.3) is 20.8 Å². The zero-order chi connectivity index (χ0) is 20.8. The Morgan fingerprint density at radius 3 is 2.62 bits per heavy atom. The first-order chi connectivity index (χ1) is 14.0. The number of amides is 1. The highest BCUT2D eigenvalue weighted by atomic mass is 32.1. The first kappa shape index (κ1) is 20.9. The molecule has 29 heavy (non-hydrogen) atoms. The largest absolute Gasteiger partial charge is 0.480 e. The number of carboxylic acids is 1. The molecule has 3 rings (SSSR count). The number of anilines is 1. The molecule has 1 unspecified atom stereocenters. The van der Waals surface area contributed by atoms with Crippen LogP contribution < -0.4 is 10.6 Å². The Balaban J connectivity index is 1.63. The van der Waals surface area contributed by atoms with Crippen LogP contribution in [-0.2, 0) is 9.59 Å². The first-order valence-electron chi connectivity index (χ1n) is 9.31. The van der Waals surface area contributed by atoms with E-state index in [9.17, 15) is 14.7 Å². The average molecular weight is 413 g/mol. The van der Waals surface area contributed by atoms with Gasteiger partial charge in [-0.2, -0.15) is 0 Å². The number of rotatable bonds is 9. The maximum atomic E-state index is 12.2. The van der Waals surface area contributed by atoms with E-state index in [-0.39, 0.29) is 13.0 Å². The summed E-state index contributed by atoms with van der Waals surface area (Å²) in [4.78, 5) is 28.1. The normalized spacial score (nSPS) is 12.1. The lowest BCUT2D eigenvalue weighted by molar-refractivity contribution is -0.141. The molecular formula is C21H23N3O4S. The molecule has 1 heterocycles. The highest BCUT2D eigenvalue weighted by molar-refractivity contribution is 7.21. The van der Waals surface area contributed by atoms with E-state index in [0.717, 1.165) is 20.8 Å². The van der Waals surface area contributed by atoms with Crippen LogP contribution in [0.5, 0.6) is 0 Å². The SMILES string of the molecule is Cc1ccc2nc(-c3ccc(NC(=O)CC(NCCCO)C(=O)O)cc3)sc2c1. The maximum Gasteiger partial charge on any atom is 0.321 e. The van der Waals surface area contributed by atoms with Gasteiger partial charge in [-0.3, -0.25) is 9.59 Å². The van der Waals surface area contributed by atoms with E-state index in [1.165, 1.54) is 5.56 Å². The highest BCUT2D eigenvalue weighted by Gasteiger charge is 2.20. The molecule has 0 bridgehead atoms. The van der Waals surface area contributed by atoms with Gasteiger partial charge in [0.2, 0.25) is 5.91 Å². The van der Waals surface area contributed by atoms with Crippen LogP contribution in [0, 0.1) is 6.92 Å². The third-order valence-electron chi connectivity index (χ3n) is 4.37. The Morgan fingerprint density at radius 2 is 1.93 bits per heavy atom. The van der Waals surface area contributed by atoms with Gasteiger partial charge in [0.1, 0.15) is 11.0 Å². The van der Waals surface area contributed by atoms with Crippen LogP contribution in [0.1, 0.15) is 18.4 Å². The number of aliphatic carboxylic acids is 1. The fourth-order valence-electron chi connectivity index (χ4n) is 2.85. The van der Waals surface area contributed by atoms with Crippen molar-refractivity contribution in [1.82, 2.24) is 10.3 Å². The monoisotopic (exact) mass is 413 g/mol. The van der Waals surface area contributed by atoms with Crippen LogP contribution in [0.3, 0.4) is 0 Å². The number of thiazole rings is 1. The van der Waals surface area contributed by atoms with Crippen molar-refractivity contribution in [2.24, 2.45) is 0 Å². The molecule has 152 valence electrons. The van der Waals surface area contributed by atoms with Gasteiger partial charge >= 0.3 is 5.97 Å². The average Bonchev–Trinajstić information content (AvgIpc) is 3.11. The van der Waals surface area contributed by atoms with E-state index in [4.69, 9.17) is 5.11 Å². The summed E-state index contributed by atoms with van der Waals surface area (Å²) in [5.74, 6) is -1.49. The number of aliphatic hydroxyl groups excluding tert-OH is 1. The van der Waals surface area contributed by atoms with Gasteiger partial charge < -0.3 is 20.8 Å². The molecule has 1 aromatic heterocycles. The number of nitrogens with zero attached hydrogens (tertiary/aromatic N) is 1. The zero-order valence-corrected chi connectivity index (χ0v) is 16.8. The molecule has 1 atom stereocenters. The lowest BCUT2D eigenvalue weighted by Crippen LogP contribution is -2.40. The minimum absolute atomic E-state index is 0.0356. The number of aromatic nitrogens is 1. The molecule has 0 spiro atoms. The smallest absolute Gasteiger partial charge is 0.321 e. The number of carbonyl (C=O) groups is 2. The Hall–Kier alpha value is -2.81. The van der Waals surface area contributed by atoms with Crippen LogP contribution in [0.15, 0.2) is 42.5 Å².